The van der Waals surface area contributed by atoms with Crippen LogP contribution in [0.15, 0.2) is 36.4 Å². The Balaban J connectivity index is 2.07. The van der Waals surface area contributed by atoms with Gasteiger partial charge in [-0.1, -0.05) is 27.7 Å². The number of carboxylic acid groups (broad SMARTS) is 1. The number of rotatable bonds is 6. The second-order valence-electron chi connectivity index (χ2n) is 6.48. The highest BCUT2D eigenvalue weighted by molar-refractivity contribution is 7.13. The molecule has 0 saturated carbocycles. The fourth-order valence-electron chi connectivity index (χ4n) is 2.46. The van der Waals surface area contributed by atoms with Crippen molar-refractivity contribution in [1.29, 1.82) is 0 Å². The lowest BCUT2D eigenvalue weighted by atomic mass is 9.99. The third kappa shape index (κ3) is 5.03. The van der Waals surface area contributed by atoms with E-state index in [4.69, 9.17) is 5.11 Å². The smallest absolute Gasteiger partial charge is 0.335 e. The first-order valence-electron chi connectivity index (χ1n) is 8.24. The number of hydrogen-bond acceptors (Lipinski definition) is 3. The second kappa shape index (κ2) is 8.12. The maximum Gasteiger partial charge on any atom is 0.335 e. The van der Waals surface area contributed by atoms with Crippen LogP contribution in [0.2, 0.25) is 0 Å². The summed E-state index contributed by atoms with van der Waals surface area (Å²) in [6.07, 6.45) is 3.33. The van der Waals surface area contributed by atoms with Gasteiger partial charge >= 0.3 is 5.97 Å². The molecule has 0 saturated heterocycles. The zero-order valence-corrected chi connectivity index (χ0v) is 15.7. The Kier molecular flexibility index (Phi) is 6.15. The third-order valence-corrected chi connectivity index (χ3v) is 5.17. The van der Waals surface area contributed by atoms with Gasteiger partial charge in [0.2, 0.25) is 5.91 Å². The first-order chi connectivity index (χ1) is 11.8. The first kappa shape index (κ1) is 18.9. The van der Waals surface area contributed by atoms with Crippen LogP contribution in [0, 0.1) is 0 Å². The monoisotopic (exact) mass is 357 g/mol. The van der Waals surface area contributed by atoms with Gasteiger partial charge in [-0.05, 0) is 53.8 Å². The highest BCUT2D eigenvalue weighted by Crippen LogP contribution is 2.34. The van der Waals surface area contributed by atoms with Gasteiger partial charge in [-0.15, -0.1) is 11.3 Å². The molecule has 4 nitrogen and oxygen atoms in total. The Bertz CT molecular complexity index is 760. The molecule has 0 fully saturated rings. The van der Waals surface area contributed by atoms with E-state index < -0.39 is 5.97 Å². The number of carboxylic acids is 1. The van der Waals surface area contributed by atoms with Crippen molar-refractivity contribution in [3.8, 4) is 0 Å². The molecule has 5 heteroatoms. The van der Waals surface area contributed by atoms with Crippen molar-refractivity contribution in [2.75, 3.05) is 5.32 Å². The highest BCUT2D eigenvalue weighted by Gasteiger charge is 2.13. The SMILES string of the molecule is CC(C)c1cc(C=CC(=O)Nc2ccc(C(=O)O)cc2)sc1C(C)C. The molecule has 0 aliphatic rings. The van der Waals surface area contributed by atoms with Gasteiger partial charge in [0.15, 0.2) is 0 Å². The molecule has 2 aromatic rings. The average Bonchev–Trinajstić information content (AvgIpc) is 2.98. The van der Waals surface area contributed by atoms with Gasteiger partial charge < -0.3 is 10.4 Å². The molecule has 1 aromatic heterocycles. The Hall–Kier alpha value is -2.40. The van der Waals surface area contributed by atoms with Crippen LogP contribution >= 0.6 is 11.3 Å². The quantitative estimate of drug-likeness (QED) is 0.685. The van der Waals surface area contributed by atoms with Gasteiger partial charge in [-0.2, -0.15) is 0 Å². The molecule has 132 valence electrons. The number of nitrogens with one attached hydrogen (secondary N) is 1. The topological polar surface area (TPSA) is 66.4 Å². The number of amides is 1. The molecule has 0 aliphatic carbocycles. The van der Waals surface area contributed by atoms with Crippen LogP contribution in [0.1, 0.15) is 65.2 Å². The molecule has 1 aromatic carbocycles. The largest absolute Gasteiger partial charge is 0.478 e. The summed E-state index contributed by atoms with van der Waals surface area (Å²) < 4.78 is 0. The predicted molar refractivity (Wildman–Crippen MR) is 104 cm³/mol. The third-order valence-electron chi connectivity index (χ3n) is 3.75. The van der Waals surface area contributed by atoms with E-state index >= 15 is 0 Å². The summed E-state index contributed by atoms with van der Waals surface area (Å²) in [5.41, 5.74) is 2.09. The van der Waals surface area contributed by atoms with Crippen molar-refractivity contribution in [1.82, 2.24) is 0 Å². The fraction of sp³-hybridized carbons (Fsp3) is 0.300. The minimum absolute atomic E-state index is 0.189. The van der Waals surface area contributed by atoms with Crippen molar-refractivity contribution >= 4 is 35.0 Å². The standard InChI is InChI=1S/C20H23NO3S/c1-12(2)17-11-16(25-19(17)13(3)4)9-10-18(22)21-15-7-5-14(6-8-15)20(23)24/h5-13H,1-4H3,(H,21,22)(H,23,24). The lowest BCUT2D eigenvalue weighted by molar-refractivity contribution is -0.111. The van der Waals surface area contributed by atoms with E-state index in [1.54, 1.807) is 23.5 Å². The number of benzene rings is 1. The Labute approximate surface area is 152 Å². The minimum atomic E-state index is -0.989. The Morgan fingerprint density at radius 2 is 1.72 bits per heavy atom. The number of carbonyl (C=O) groups excluding carboxylic acids is 1. The van der Waals surface area contributed by atoms with Gasteiger partial charge in [-0.3, -0.25) is 4.79 Å². The molecular weight excluding hydrogens is 334 g/mol. The fourth-order valence-corrected chi connectivity index (χ4v) is 3.69. The van der Waals surface area contributed by atoms with Crippen molar-refractivity contribution < 1.29 is 14.7 Å². The van der Waals surface area contributed by atoms with E-state index in [2.05, 4.69) is 39.1 Å². The summed E-state index contributed by atoms with van der Waals surface area (Å²) in [5, 5.41) is 11.6. The van der Waals surface area contributed by atoms with E-state index in [9.17, 15) is 9.59 Å². The van der Waals surface area contributed by atoms with Crippen molar-refractivity contribution in [3.05, 3.63) is 57.3 Å². The van der Waals surface area contributed by atoms with Gasteiger partial charge in [0.25, 0.3) is 0 Å². The summed E-state index contributed by atoms with van der Waals surface area (Å²) in [5.74, 6) is -0.311. The van der Waals surface area contributed by atoms with Crippen LogP contribution < -0.4 is 5.32 Å². The first-order valence-corrected chi connectivity index (χ1v) is 9.05. The van der Waals surface area contributed by atoms with Gasteiger partial charge in [0, 0.05) is 21.5 Å². The number of carbonyl (C=O) groups is 2. The van der Waals surface area contributed by atoms with Gasteiger partial charge in [0.05, 0.1) is 5.56 Å². The molecule has 0 bridgehead atoms. The number of anilines is 1. The molecule has 1 amide bonds. The van der Waals surface area contributed by atoms with Crippen molar-refractivity contribution in [2.24, 2.45) is 0 Å². The van der Waals surface area contributed by atoms with Crippen LogP contribution in [-0.2, 0) is 4.79 Å². The molecule has 0 spiro atoms. The van der Waals surface area contributed by atoms with Crippen LogP contribution in [-0.4, -0.2) is 17.0 Å². The average molecular weight is 357 g/mol. The molecule has 0 aliphatic heterocycles. The molecule has 2 rings (SSSR count). The van der Waals surface area contributed by atoms with E-state index in [-0.39, 0.29) is 11.5 Å². The molecule has 0 atom stereocenters. The Morgan fingerprint density at radius 3 is 2.20 bits per heavy atom. The molecule has 0 unspecified atom stereocenters. The maximum absolute atomic E-state index is 12.1. The normalized spacial score (nSPS) is 11.4. The Morgan fingerprint density at radius 1 is 1.08 bits per heavy atom. The van der Waals surface area contributed by atoms with Crippen LogP contribution in [0.3, 0.4) is 0 Å². The van der Waals surface area contributed by atoms with Crippen LogP contribution in [0.25, 0.3) is 6.08 Å². The molecule has 2 N–H and O–H groups in total. The lowest BCUT2D eigenvalue weighted by Crippen LogP contribution is -2.07. The summed E-state index contributed by atoms with van der Waals surface area (Å²) in [4.78, 5) is 25.3. The highest BCUT2D eigenvalue weighted by atomic mass is 32.1. The minimum Gasteiger partial charge on any atom is -0.478 e. The molecule has 25 heavy (non-hydrogen) atoms. The zero-order valence-electron chi connectivity index (χ0n) is 14.9. The van der Waals surface area contributed by atoms with Crippen LogP contribution in [0.4, 0.5) is 5.69 Å². The molecular formula is C20H23NO3S. The predicted octanol–water partition coefficient (Wildman–Crippen LogP) is 5.35. The maximum atomic E-state index is 12.1. The number of hydrogen-bond donors (Lipinski definition) is 2. The van der Waals surface area contributed by atoms with E-state index in [1.807, 2.05) is 6.08 Å². The number of thiophene rings is 1. The van der Waals surface area contributed by atoms with Gasteiger partial charge in [-0.25, -0.2) is 4.79 Å². The second-order valence-corrected chi connectivity index (χ2v) is 7.60. The van der Waals surface area contributed by atoms with Crippen molar-refractivity contribution in [2.45, 2.75) is 39.5 Å². The van der Waals surface area contributed by atoms with E-state index in [1.165, 1.54) is 28.6 Å². The zero-order chi connectivity index (χ0) is 18.6. The lowest BCUT2D eigenvalue weighted by Gasteiger charge is -2.08. The number of aromatic carboxylic acids is 1. The summed E-state index contributed by atoms with van der Waals surface area (Å²) in [6, 6.07) is 8.23. The summed E-state index contributed by atoms with van der Waals surface area (Å²) >= 11 is 1.72. The van der Waals surface area contributed by atoms with E-state index in [0.717, 1.165) is 4.88 Å². The van der Waals surface area contributed by atoms with E-state index in [0.29, 0.717) is 17.5 Å². The van der Waals surface area contributed by atoms with Gasteiger partial charge in [0.1, 0.15) is 0 Å². The van der Waals surface area contributed by atoms with Crippen LogP contribution in [0.5, 0.6) is 0 Å². The molecule has 1 heterocycles. The summed E-state index contributed by atoms with van der Waals surface area (Å²) in [6.45, 7) is 8.71. The molecule has 0 radical (unpaired) electrons. The summed E-state index contributed by atoms with van der Waals surface area (Å²) in [7, 11) is 0. The van der Waals surface area contributed by atoms with Crippen molar-refractivity contribution in [3.63, 3.8) is 0 Å².